The Balaban J connectivity index is 1.97. The molecule has 3 rings (SSSR count). The highest BCUT2D eigenvalue weighted by molar-refractivity contribution is 6.10. The van der Waals surface area contributed by atoms with Crippen LogP contribution in [0.2, 0.25) is 0 Å². The summed E-state index contributed by atoms with van der Waals surface area (Å²) < 4.78 is 24.8. The topological polar surface area (TPSA) is 48.4 Å². The largest absolute Gasteiger partial charge is 0.497 e. The molecule has 0 fully saturated rings. The quantitative estimate of drug-likeness (QED) is 0.659. The first-order valence-corrected chi connectivity index (χ1v) is 7.25. The Bertz CT molecular complexity index is 848. The molecule has 2 aromatic carbocycles. The second-order valence-corrected chi connectivity index (χ2v) is 4.94. The SMILES string of the molecule is COc1ccc(C(=O)c2cccc(F)c2Oc2ccccn2)cc1. The minimum atomic E-state index is -0.625. The summed E-state index contributed by atoms with van der Waals surface area (Å²) in [6, 6.07) is 15.8. The van der Waals surface area contributed by atoms with Gasteiger partial charge in [-0.05, 0) is 42.5 Å². The predicted octanol–water partition coefficient (Wildman–Crippen LogP) is 4.25. The number of pyridine rings is 1. The van der Waals surface area contributed by atoms with Crippen molar-refractivity contribution in [2.45, 2.75) is 0 Å². The molecule has 120 valence electrons. The number of benzene rings is 2. The molecule has 5 heteroatoms. The molecule has 24 heavy (non-hydrogen) atoms. The molecule has 0 spiro atoms. The minimum absolute atomic E-state index is 0.130. The van der Waals surface area contributed by atoms with Gasteiger partial charge in [0.15, 0.2) is 17.3 Å². The summed E-state index contributed by atoms with van der Waals surface area (Å²) in [6.45, 7) is 0. The molecule has 0 N–H and O–H groups in total. The lowest BCUT2D eigenvalue weighted by molar-refractivity contribution is 0.103. The van der Waals surface area contributed by atoms with Crippen LogP contribution in [0.25, 0.3) is 0 Å². The Hall–Kier alpha value is -3.21. The zero-order valence-corrected chi connectivity index (χ0v) is 12.9. The zero-order chi connectivity index (χ0) is 16.9. The van der Waals surface area contributed by atoms with E-state index in [0.29, 0.717) is 11.3 Å². The Morgan fingerprint density at radius 1 is 1.00 bits per heavy atom. The maximum Gasteiger partial charge on any atom is 0.219 e. The lowest BCUT2D eigenvalue weighted by atomic mass is 10.0. The van der Waals surface area contributed by atoms with Crippen molar-refractivity contribution in [3.05, 3.63) is 83.8 Å². The van der Waals surface area contributed by atoms with Gasteiger partial charge < -0.3 is 9.47 Å². The molecule has 1 aromatic heterocycles. The van der Waals surface area contributed by atoms with Gasteiger partial charge in [-0.1, -0.05) is 12.1 Å². The van der Waals surface area contributed by atoms with Crippen molar-refractivity contribution >= 4 is 5.78 Å². The number of hydrogen-bond acceptors (Lipinski definition) is 4. The first-order valence-electron chi connectivity index (χ1n) is 7.25. The van der Waals surface area contributed by atoms with Crippen LogP contribution >= 0.6 is 0 Å². The first-order chi connectivity index (χ1) is 11.7. The van der Waals surface area contributed by atoms with E-state index in [2.05, 4.69) is 4.98 Å². The Morgan fingerprint density at radius 3 is 2.46 bits per heavy atom. The lowest BCUT2D eigenvalue weighted by Gasteiger charge is -2.11. The highest BCUT2D eigenvalue weighted by Gasteiger charge is 2.19. The van der Waals surface area contributed by atoms with E-state index in [-0.39, 0.29) is 23.0 Å². The molecule has 0 saturated carbocycles. The monoisotopic (exact) mass is 323 g/mol. The zero-order valence-electron chi connectivity index (χ0n) is 12.9. The van der Waals surface area contributed by atoms with E-state index in [1.807, 2.05) is 0 Å². The smallest absolute Gasteiger partial charge is 0.219 e. The fraction of sp³-hybridized carbons (Fsp3) is 0.0526. The molecule has 0 aliphatic carbocycles. The van der Waals surface area contributed by atoms with Crippen molar-refractivity contribution in [3.8, 4) is 17.4 Å². The Labute approximate surface area is 138 Å². The van der Waals surface area contributed by atoms with E-state index in [1.54, 1.807) is 49.6 Å². The number of rotatable bonds is 5. The van der Waals surface area contributed by atoms with Crippen LogP contribution in [0.5, 0.6) is 17.4 Å². The van der Waals surface area contributed by atoms with Crippen LogP contribution in [0.15, 0.2) is 66.9 Å². The second-order valence-electron chi connectivity index (χ2n) is 4.94. The number of aromatic nitrogens is 1. The van der Waals surface area contributed by atoms with Crippen molar-refractivity contribution in [2.75, 3.05) is 7.11 Å². The van der Waals surface area contributed by atoms with Gasteiger partial charge in [-0.15, -0.1) is 0 Å². The molecular weight excluding hydrogens is 309 g/mol. The number of para-hydroxylation sites is 1. The third kappa shape index (κ3) is 3.25. The number of carbonyl (C=O) groups excluding carboxylic acids is 1. The fourth-order valence-electron chi connectivity index (χ4n) is 2.20. The molecule has 1 heterocycles. The number of carbonyl (C=O) groups is 1. The third-order valence-electron chi connectivity index (χ3n) is 3.41. The molecule has 0 aliphatic rings. The van der Waals surface area contributed by atoms with Crippen molar-refractivity contribution in [3.63, 3.8) is 0 Å². The average molecular weight is 323 g/mol. The fourth-order valence-corrected chi connectivity index (χ4v) is 2.20. The van der Waals surface area contributed by atoms with Gasteiger partial charge in [0.05, 0.1) is 12.7 Å². The second kappa shape index (κ2) is 6.91. The summed E-state index contributed by atoms with van der Waals surface area (Å²) in [7, 11) is 1.54. The summed E-state index contributed by atoms with van der Waals surface area (Å²) >= 11 is 0. The van der Waals surface area contributed by atoms with Gasteiger partial charge in [-0.2, -0.15) is 0 Å². The van der Waals surface area contributed by atoms with Crippen LogP contribution in [-0.4, -0.2) is 17.9 Å². The van der Waals surface area contributed by atoms with Crippen molar-refractivity contribution in [1.29, 1.82) is 0 Å². The van der Waals surface area contributed by atoms with E-state index in [0.717, 1.165) is 0 Å². The molecule has 0 atom stereocenters. The van der Waals surface area contributed by atoms with E-state index in [9.17, 15) is 9.18 Å². The first kappa shape index (κ1) is 15.7. The van der Waals surface area contributed by atoms with Crippen LogP contribution in [0.1, 0.15) is 15.9 Å². The van der Waals surface area contributed by atoms with Gasteiger partial charge in [0.2, 0.25) is 5.88 Å². The normalized spacial score (nSPS) is 10.2. The van der Waals surface area contributed by atoms with Crippen molar-refractivity contribution in [2.24, 2.45) is 0 Å². The number of hydrogen-bond donors (Lipinski definition) is 0. The molecule has 4 nitrogen and oxygen atoms in total. The summed E-state index contributed by atoms with van der Waals surface area (Å²) in [6.07, 6.45) is 1.53. The summed E-state index contributed by atoms with van der Waals surface area (Å²) in [5.74, 6) is -0.262. The number of nitrogens with zero attached hydrogens (tertiary/aromatic N) is 1. The molecule has 0 amide bonds. The van der Waals surface area contributed by atoms with Gasteiger partial charge in [-0.25, -0.2) is 9.37 Å². The molecule has 0 radical (unpaired) electrons. The number of ether oxygens (including phenoxy) is 2. The molecule has 3 aromatic rings. The highest BCUT2D eigenvalue weighted by atomic mass is 19.1. The van der Waals surface area contributed by atoms with Crippen LogP contribution in [0.4, 0.5) is 4.39 Å². The van der Waals surface area contributed by atoms with Gasteiger partial charge in [0.1, 0.15) is 5.75 Å². The third-order valence-corrected chi connectivity index (χ3v) is 3.41. The molecular formula is C19H14FNO3. The van der Waals surface area contributed by atoms with Crippen LogP contribution < -0.4 is 9.47 Å². The van der Waals surface area contributed by atoms with Crippen LogP contribution in [-0.2, 0) is 0 Å². The van der Waals surface area contributed by atoms with E-state index in [1.165, 1.54) is 24.4 Å². The van der Waals surface area contributed by atoms with Crippen LogP contribution in [0, 0.1) is 5.82 Å². The molecule has 0 aliphatic heterocycles. The van der Waals surface area contributed by atoms with Gasteiger partial charge in [-0.3, -0.25) is 4.79 Å². The average Bonchev–Trinajstić information content (AvgIpc) is 2.64. The summed E-state index contributed by atoms with van der Waals surface area (Å²) in [5, 5.41) is 0. The number of ketones is 1. The maximum absolute atomic E-state index is 14.2. The van der Waals surface area contributed by atoms with Crippen molar-refractivity contribution < 1.29 is 18.7 Å². The molecule has 0 saturated heterocycles. The molecule has 0 bridgehead atoms. The Kier molecular flexibility index (Phi) is 4.52. The minimum Gasteiger partial charge on any atom is -0.497 e. The highest BCUT2D eigenvalue weighted by Crippen LogP contribution is 2.29. The predicted molar refractivity (Wildman–Crippen MR) is 87.1 cm³/mol. The van der Waals surface area contributed by atoms with E-state index < -0.39 is 5.82 Å². The van der Waals surface area contributed by atoms with Gasteiger partial charge in [0, 0.05) is 17.8 Å². The summed E-state index contributed by atoms with van der Waals surface area (Å²) in [5.41, 5.74) is 0.540. The number of methoxy groups -OCH3 is 1. The van der Waals surface area contributed by atoms with Gasteiger partial charge >= 0.3 is 0 Å². The maximum atomic E-state index is 14.2. The lowest BCUT2D eigenvalue weighted by Crippen LogP contribution is -2.05. The van der Waals surface area contributed by atoms with E-state index in [4.69, 9.17) is 9.47 Å². The summed E-state index contributed by atoms with van der Waals surface area (Å²) in [4.78, 5) is 16.7. The standard InChI is InChI=1S/C19H14FNO3/c1-23-14-10-8-13(9-11-14)18(22)15-5-4-6-16(20)19(15)24-17-7-2-3-12-21-17/h2-12H,1H3. The number of halogens is 1. The van der Waals surface area contributed by atoms with Crippen molar-refractivity contribution in [1.82, 2.24) is 4.98 Å². The molecule has 0 unspecified atom stereocenters. The van der Waals surface area contributed by atoms with Crippen LogP contribution in [0.3, 0.4) is 0 Å². The Morgan fingerprint density at radius 2 is 1.79 bits per heavy atom. The van der Waals surface area contributed by atoms with E-state index >= 15 is 0 Å². The van der Waals surface area contributed by atoms with Gasteiger partial charge in [0.25, 0.3) is 0 Å².